The zero-order valence-electron chi connectivity index (χ0n) is 26.7. The normalized spacial score (nSPS) is 10.5. The van der Waals surface area contributed by atoms with Gasteiger partial charge in [0.1, 0.15) is 11.0 Å². The standard InChI is InChI=1S/C31H24N4O6.2C2H6/c1-16-13-18(3)28(26-24(16)32-20-9-5-7-11-22(20)34-26)40-30(36)38-15-39-31(37)41-29-19(4)14-17(2)25-27(29)35-23-12-8-6-10-21(23)33-25;2*1-2/h5-14H,15H2,1-4H3;2*1-2H3. The second-order valence-electron chi connectivity index (χ2n) is 9.61. The Kier molecular flexibility index (Phi) is 10.4. The number of rotatable bonds is 4. The van der Waals surface area contributed by atoms with E-state index in [1.165, 1.54) is 0 Å². The van der Waals surface area contributed by atoms with Crippen LogP contribution >= 0.6 is 0 Å². The molecular weight excluding hydrogens is 572 g/mol. The van der Waals surface area contributed by atoms with Crippen LogP contribution in [0.3, 0.4) is 0 Å². The fraction of sp³-hybridized carbons (Fsp3) is 0.257. The highest BCUT2D eigenvalue weighted by atomic mass is 16.8. The molecule has 2 heterocycles. The predicted octanol–water partition coefficient (Wildman–Crippen LogP) is 8.85. The number of aryl methyl sites for hydroxylation is 4. The lowest BCUT2D eigenvalue weighted by atomic mass is 10.1. The van der Waals surface area contributed by atoms with E-state index < -0.39 is 19.1 Å². The summed E-state index contributed by atoms with van der Waals surface area (Å²) < 4.78 is 21.0. The first-order valence-corrected chi connectivity index (χ1v) is 14.8. The van der Waals surface area contributed by atoms with Crippen molar-refractivity contribution in [3.05, 3.63) is 82.9 Å². The second kappa shape index (κ2) is 14.4. The fourth-order valence-electron chi connectivity index (χ4n) is 4.77. The van der Waals surface area contributed by atoms with Crippen LogP contribution in [0.5, 0.6) is 11.5 Å². The number of ether oxygens (including phenoxy) is 4. The molecule has 0 amide bonds. The summed E-state index contributed by atoms with van der Waals surface area (Å²) >= 11 is 0. The molecule has 0 radical (unpaired) electrons. The van der Waals surface area contributed by atoms with Gasteiger partial charge in [0.2, 0.25) is 6.79 Å². The van der Waals surface area contributed by atoms with E-state index in [1.54, 1.807) is 13.8 Å². The van der Waals surface area contributed by atoms with E-state index in [0.717, 1.165) is 22.2 Å². The van der Waals surface area contributed by atoms with Crippen LogP contribution in [0.1, 0.15) is 49.9 Å². The molecule has 6 rings (SSSR count). The molecule has 10 nitrogen and oxygen atoms in total. The SMILES string of the molecule is CC.CC.Cc1cc(C)c2nc3ccccc3nc2c1OC(=O)OCOC(=O)Oc1c(C)cc(C)c2nc3ccccc3nc12. The number of hydrogen-bond acceptors (Lipinski definition) is 10. The lowest BCUT2D eigenvalue weighted by molar-refractivity contribution is -0.0106. The highest BCUT2D eigenvalue weighted by molar-refractivity contribution is 5.94. The summed E-state index contributed by atoms with van der Waals surface area (Å²) in [6, 6.07) is 18.5. The monoisotopic (exact) mass is 608 g/mol. The summed E-state index contributed by atoms with van der Waals surface area (Å²) in [6.07, 6.45) is -2.15. The summed E-state index contributed by atoms with van der Waals surface area (Å²) in [7, 11) is 0. The number of para-hydroxylation sites is 4. The fourth-order valence-corrected chi connectivity index (χ4v) is 4.77. The third-order valence-electron chi connectivity index (χ3n) is 6.62. The van der Waals surface area contributed by atoms with Crippen LogP contribution in [0.4, 0.5) is 9.59 Å². The third-order valence-corrected chi connectivity index (χ3v) is 6.62. The van der Waals surface area contributed by atoms with Gasteiger partial charge in [0.05, 0.1) is 33.1 Å². The van der Waals surface area contributed by atoms with Gasteiger partial charge in [-0.2, -0.15) is 0 Å². The Hall–Kier alpha value is -5.38. The molecule has 10 heteroatoms. The van der Waals surface area contributed by atoms with Crippen LogP contribution in [0.25, 0.3) is 44.1 Å². The number of fused-ring (bicyclic) bond motifs is 4. The Morgan fingerprint density at radius 2 is 0.822 bits per heavy atom. The molecule has 0 bridgehead atoms. The van der Waals surface area contributed by atoms with Crippen molar-refractivity contribution in [3.63, 3.8) is 0 Å². The average Bonchev–Trinajstić information content (AvgIpc) is 3.05. The molecule has 6 aromatic rings. The third kappa shape index (κ3) is 6.90. The minimum Gasteiger partial charge on any atom is -0.396 e. The van der Waals surface area contributed by atoms with Gasteiger partial charge >= 0.3 is 12.3 Å². The van der Waals surface area contributed by atoms with Gasteiger partial charge in [0.25, 0.3) is 0 Å². The maximum Gasteiger partial charge on any atom is 0.516 e. The average molecular weight is 609 g/mol. The van der Waals surface area contributed by atoms with Gasteiger partial charge < -0.3 is 18.9 Å². The van der Waals surface area contributed by atoms with Crippen LogP contribution in [0.15, 0.2) is 60.7 Å². The van der Waals surface area contributed by atoms with Crippen molar-refractivity contribution in [1.82, 2.24) is 19.9 Å². The molecule has 0 atom stereocenters. The topological polar surface area (TPSA) is 123 Å². The molecule has 0 aliphatic rings. The number of benzene rings is 4. The zero-order chi connectivity index (χ0) is 32.7. The molecule has 0 spiro atoms. The Morgan fingerprint density at radius 1 is 0.511 bits per heavy atom. The van der Waals surface area contributed by atoms with Crippen molar-refractivity contribution in [2.75, 3.05) is 6.79 Å². The van der Waals surface area contributed by atoms with Gasteiger partial charge in [-0.25, -0.2) is 29.5 Å². The first kappa shape index (κ1) is 32.5. The smallest absolute Gasteiger partial charge is 0.396 e. The van der Waals surface area contributed by atoms with Gasteiger partial charge in [-0.3, -0.25) is 0 Å². The highest BCUT2D eigenvalue weighted by Gasteiger charge is 2.20. The van der Waals surface area contributed by atoms with E-state index >= 15 is 0 Å². The largest absolute Gasteiger partial charge is 0.516 e. The van der Waals surface area contributed by atoms with Crippen molar-refractivity contribution in [3.8, 4) is 11.5 Å². The lowest BCUT2D eigenvalue weighted by Gasteiger charge is -2.14. The second-order valence-corrected chi connectivity index (χ2v) is 9.61. The van der Waals surface area contributed by atoms with E-state index in [-0.39, 0.29) is 11.5 Å². The summed E-state index contributed by atoms with van der Waals surface area (Å²) in [6.45, 7) is 14.7. The molecule has 4 aromatic carbocycles. The molecule has 0 saturated carbocycles. The van der Waals surface area contributed by atoms with Gasteiger partial charge in [-0.15, -0.1) is 0 Å². The van der Waals surface area contributed by atoms with Crippen LogP contribution < -0.4 is 9.47 Å². The van der Waals surface area contributed by atoms with Crippen molar-refractivity contribution < 1.29 is 28.5 Å². The number of nitrogens with zero attached hydrogens (tertiary/aromatic N) is 4. The maximum absolute atomic E-state index is 12.5. The number of carbonyl (C=O) groups excluding carboxylic acids is 2. The van der Waals surface area contributed by atoms with E-state index in [2.05, 4.69) is 19.9 Å². The van der Waals surface area contributed by atoms with Crippen molar-refractivity contribution in [2.24, 2.45) is 0 Å². The Morgan fingerprint density at radius 3 is 1.16 bits per heavy atom. The van der Waals surface area contributed by atoms with E-state index in [4.69, 9.17) is 18.9 Å². The minimum absolute atomic E-state index is 0.212. The quantitative estimate of drug-likeness (QED) is 0.0829. The molecule has 2 aromatic heterocycles. The van der Waals surface area contributed by atoms with Gasteiger partial charge in [-0.1, -0.05) is 64.1 Å². The number of carbonyl (C=O) groups is 2. The van der Waals surface area contributed by atoms with Gasteiger partial charge in [0, 0.05) is 0 Å². The molecule has 232 valence electrons. The summed E-state index contributed by atoms with van der Waals surface area (Å²) in [5.74, 6) is 0.424. The van der Waals surface area contributed by atoms with Crippen molar-refractivity contribution >= 4 is 56.4 Å². The van der Waals surface area contributed by atoms with Crippen LogP contribution in [-0.2, 0) is 9.47 Å². The first-order chi connectivity index (χ1) is 21.8. The summed E-state index contributed by atoms with van der Waals surface area (Å²) in [4.78, 5) is 43.7. The van der Waals surface area contributed by atoms with Crippen LogP contribution in [0, 0.1) is 27.7 Å². The summed E-state index contributed by atoms with van der Waals surface area (Å²) in [5, 5.41) is 0. The van der Waals surface area contributed by atoms with E-state index in [9.17, 15) is 9.59 Å². The Labute approximate surface area is 261 Å². The van der Waals surface area contributed by atoms with Gasteiger partial charge in [0.15, 0.2) is 11.5 Å². The van der Waals surface area contributed by atoms with E-state index in [0.29, 0.717) is 44.2 Å². The molecule has 45 heavy (non-hydrogen) atoms. The Balaban J connectivity index is 0.00000111. The molecule has 0 saturated heterocycles. The van der Waals surface area contributed by atoms with Crippen LogP contribution in [0.2, 0.25) is 0 Å². The van der Waals surface area contributed by atoms with Crippen molar-refractivity contribution in [1.29, 1.82) is 0 Å². The van der Waals surface area contributed by atoms with Crippen LogP contribution in [-0.4, -0.2) is 39.0 Å². The summed E-state index contributed by atoms with van der Waals surface area (Å²) in [5.41, 5.74) is 7.95. The maximum atomic E-state index is 12.5. The number of aromatic nitrogens is 4. The highest BCUT2D eigenvalue weighted by Crippen LogP contribution is 2.33. The molecule has 0 N–H and O–H groups in total. The molecule has 0 aliphatic carbocycles. The zero-order valence-corrected chi connectivity index (χ0v) is 26.7. The minimum atomic E-state index is -1.07. The van der Waals surface area contributed by atoms with Gasteiger partial charge in [-0.05, 0) is 74.2 Å². The molecular formula is C35H36N4O6. The first-order valence-electron chi connectivity index (χ1n) is 14.8. The predicted molar refractivity (Wildman–Crippen MR) is 175 cm³/mol. The number of hydrogen-bond donors (Lipinski definition) is 0. The van der Waals surface area contributed by atoms with Crippen molar-refractivity contribution in [2.45, 2.75) is 55.4 Å². The van der Waals surface area contributed by atoms with E-state index in [1.807, 2.05) is 102 Å². The lowest BCUT2D eigenvalue weighted by Crippen LogP contribution is -2.19. The molecule has 0 aliphatic heterocycles. The Bertz CT molecular complexity index is 1880. The molecule has 0 fully saturated rings. The molecule has 0 unspecified atom stereocenters.